The van der Waals surface area contributed by atoms with Crippen molar-refractivity contribution in [2.45, 2.75) is 18.6 Å². The first kappa shape index (κ1) is 16.0. The Balaban J connectivity index is 2.63. The zero-order valence-electron chi connectivity index (χ0n) is 10.4. The molecule has 0 aromatic heterocycles. The molecule has 0 aliphatic rings. The van der Waals surface area contributed by atoms with Gasteiger partial charge in [-0.1, -0.05) is 30.3 Å². The molecule has 0 aliphatic carbocycles. The van der Waals surface area contributed by atoms with Crippen LogP contribution in [0.15, 0.2) is 30.3 Å². The summed E-state index contributed by atoms with van der Waals surface area (Å²) in [5, 5.41) is 2.26. The standard InChI is InChI=1S/C12H16F3NO2S/c1-19(17,18)8-7-16-11(12(13,14)15)9-10-5-3-2-4-6-10/h2-6,11,16H,7-9H2,1H3/t11-/m1/s1. The van der Waals surface area contributed by atoms with Gasteiger partial charge in [0.25, 0.3) is 0 Å². The maximum atomic E-state index is 12.8. The number of nitrogens with one attached hydrogen (secondary N) is 1. The van der Waals surface area contributed by atoms with Gasteiger partial charge < -0.3 is 5.32 Å². The van der Waals surface area contributed by atoms with Crippen molar-refractivity contribution in [1.29, 1.82) is 0 Å². The van der Waals surface area contributed by atoms with Crippen LogP contribution in [0, 0.1) is 0 Å². The van der Waals surface area contributed by atoms with Gasteiger partial charge in [-0.3, -0.25) is 0 Å². The number of hydrogen-bond acceptors (Lipinski definition) is 3. The average molecular weight is 295 g/mol. The second-order valence-electron chi connectivity index (χ2n) is 4.37. The highest BCUT2D eigenvalue weighted by Gasteiger charge is 2.39. The third-order valence-electron chi connectivity index (χ3n) is 2.54. The molecule has 1 aromatic carbocycles. The van der Waals surface area contributed by atoms with E-state index in [0.29, 0.717) is 5.56 Å². The minimum atomic E-state index is -4.41. The molecule has 0 radical (unpaired) electrons. The van der Waals surface area contributed by atoms with E-state index in [2.05, 4.69) is 5.32 Å². The van der Waals surface area contributed by atoms with Crippen LogP contribution in [0.1, 0.15) is 5.56 Å². The summed E-state index contributed by atoms with van der Waals surface area (Å²) in [4.78, 5) is 0. The molecule has 0 heterocycles. The number of benzene rings is 1. The van der Waals surface area contributed by atoms with Crippen LogP contribution >= 0.6 is 0 Å². The minimum Gasteiger partial charge on any atom is -0.305 e. The van der Waals surface area contributed by atoms with E-state index in [4.69, 9.17) is 0 Å². The maximum Gasteiger partial charge on any atom is 0.404 e. The predicted octanol–water partition coefficient (Wildman–Crippen LogP) is 1.79. The average Bonchev–Trinajstić information content (AvgIpc) is 2.26. The van der Waals surface area contributed by atoms with Gasteiger partial charge >= 0.3 is 6.18 Å². The smallest absolute Gasteiger partial charge is 0.305 e. The molecule has 1 aromatic rings. The summed E-state index contributed by atoms with van der Waals surface area (Å²) in [6, 6.07) is 6.53. The van der Waals surface area contributed by atoms with Gasteiger partial charge in [0.15, 0.2) is 0 Å². The van der Waals surface area contributed by atoms with E-state index >= 15 is 0 Å². The fraction of sp³-hybridized carbons (Fsp3) is 0.500. The Morgan fingerprint density at radius 2 is 1.79 bits per heavy atom. The van der Waals surface area contributed by atoms with E-state index < -0.39 is 22.1 Å². The van der Waals surface area contributed by atoms with E-state index in [-0.39, 0.29) is 18.7 Å². The van der Waals surface area contributed by atoms with Gasteiger partial charge in [-0.2, -0.15) is 13.2 Å². The first-order valence-electron chi connectivity index (χ1n) is 5.70. The van der Waals surface area contributed by atoms with Crippen LogP contribution in [0.3, 0.4) is 0 Å². The van der Waals surface area contributed by atoms with Gasteiger partial charge in [0.1, 0.15) is 15.9 Å². The van der Waals surface area contributed by atoms with Crippen LogP contribution in [0.4, 0.5) is 13.2 Å². The highest BCUT2D eigenvalue weighted by molar-refractivity contribution is 7.90. The van der Waals surface area contributed by atoms with Crippen molar-refractivity contribution < 1.29 is 21.6 Å². The van der Waals surface area contributed by atoms with Crippen molar-refractivity contribution >= 4 is 9.84 Å². The molecule has 1 atom stereocenters. The van der Waals surface area contributed by atoms with Crippen LogP contribution in [0.2, 0.25) is 0 Å². The lowest BCUT2D eigenvalue weighted by atomic mass is 10.1. The van der Waals surface area contributed by atoms with Gasteiger partial charge in [0.2, 0.25) is 0 Å². The summed E-state index contributed by atoms with van der Waals surface area (Å²) >= 11 is 0. The van der Waals surface area contributed by atoms with E-state index in [1.807, 2.05) is 0 Å². The third kappa shape index (κ3) is 6.58. The third-order valence-corrected chi connectivity index (χ3v) is 3.49. The van der Waals surface area contributed by atoms with Crippen LogP contribution < -0.4 is 5.32 Å². The normalized spacial score (nSPS) is 14.3. The molecule has 3 nitrogen and oxygen atoms in total. The molecule has 0 aliphatic heterocycles. The molecule has 1 rings (SSSR count). The fourth-order valence-corrected chi connectivity index (χ4v) is 2.06. The van der Waals surface area contributed by atoms with Crippen molar-refractivity contribution in [2.24, 2.45) is 0 Å². The predicted molar refractivity (Wildman–Crippen MR) is 67.7 cm³/mol. The van der Waals surface area contributed by atoms with E-state index in [9.17, 15) is 21.6 Å². The summed E-state index contributed by atoms with van der Waals surface area (Å²) in [7, 11) is -3.27. The summed E-state index contributed by atoms with van der Waals surface area (Å²) in [5.41, 5.74) is 0.552. The molecule has 0 saturated heterocycles. The maximum absolute atomic E-state index is 12.8. The number of sulfone groups is 1. The fourth-order valence-electron chi connectivity index (χ4n) is 1.57. The first-order chi connectivity index (χ1) is 8.68. The molecular formula is C12H16F3NO2S. The number of hydrogen-bond donors (Lipinski definition) is 1. The van der Waals surface area contributed by atoms with Crippen LogP contribution in [-0.4, -0.2) is 39.2 Å². The lowest BCUT2D eigenvalue weighted by Crippen LogP contribution is -2.45. The van der Waals surface area contributed by atoms with Gasteiger partial charge in [-0.05, 0) is 12.0 Å². The zero-order chi connectivity index (χ0) is 14.5. The quantitative estimate of drug-likeness (QED) is 0.870. The van der Waals surface area contributed by atoms with Crippen molar-refractivity contribution in [2.75, 3.05) is 18.6 Å². The minimum absolute atomic E-state index is 0.212. The highest BCUT2D eigenvalue weighted by atomic mass is 32.2. The molecule has 108 valence electrons. The van der Waals surface area contributed by atoms with Crippen molar-refractivity contribution in [3.05, 3.63) is 35.9 Å². The lowest BCUT2D eigenvalue weighted by molar-refractivity contribution is -0.155. The second-order valence-corrected chi connectivity index (χ2v) is 6.63. The van der Waals surface area contributed by atoms with Crippen molar-refractivity contribution in [3.8, 4) is 0 Å². The summed E-state index contributed by atoms with van der Waals surface area (Å²) in [5.74, 6) is -0.311. The molecule has 0 spiro atoms. The Labute approximate surface area is 110 Å². The van der Waals surface area contributed by atoms with Crippen molar-refractivity contribution in [3.63, 3.8) is 0 Å². The van der Waals surface area contributed by atoms with Crippen LogP contribution in [-0.2, 0) is 16.3 Å². The lowest BCUT2D eigenvalue weighted by Gasteiger charge is -2.21. The number of halogens is 3. The Hall–Kier alpha value is -1.08. The molecule has 0 unspecified atom stereocenters. The summed E-state index contributed by atoms with van der Waals surface area (Å²) < 4.78 is 60.2. The first-order valence-corrected chi connectivity index (χ1v) is 7.76. The summed E-state index contributed by atoms with van der Waals surface area (Å²) in [6.07, 6.45) is -3.63. The largest absolute Gasteiger partial charge is 0.404 e. The van der Waals surface area contributed by atoms with E-state index in [1.54, 1.807) is 30.3 Å². The Morgan fingerprint density at radius 3 is 2.26 bits per heavy atom. The van der Waals surface area contributed by atoms with Crippen LogP contribution in [0.5, 0.6) is 0 Å². The molecule has 0 fully saturated rings. The molecule has 0 amide bonds. The topological polar surface area (TPSA) is 46.2 Å². The van der Waals surface area contributed by atoms with E-state index in [0.717, 1.165) is 6.26 Å². The molecular weight excluding hydrogens is 279 g/mol. The van der Waals surface area contributed by atoms with Gasteiger partial charge in [-0.15, -0.1) is 0 Å². The van der Waals surface area contributed by atoms with Gasteiger partial charge in [0.05, 0.1) is 5.75 Å². The second kappa shape index (κ2) is 6.38. The summed E-state index contributed by atoms with van der Waals surface area (Å²) in [6.45, 7) is -0.212. The molecule has 19 heavy (non-hydrogen) atoms. The number of rotatable bonds is 6. The van der Waals surface area contributed by atoms with Crippen LogP contribution in [0.25, 0.3) is 0 Å². The molecule has 0 saturated carbocycles. The molecule has 7 heteroatoms. The molecule has 0 bridgehead atoms. The number of alkyl halides is 3. The molecule has 1 N–H and O–H groups in total. The van der Waals surface area contributed by atoms with Gasteiger partial charge in [0, 0.05) is 12.8 Å². The Bertz CT molecular complexity index is 485. The highest BCUT2D eigenvalue weighted by Crippen LogP contribution is 2.23. The van der Waals surface area contributed by atoms with Gasteiger partial charge in [-0.25, -0.2) is 8.42 Å². The monoisotopic (exact) mass is 295 g/mol. The van der Waals surface area contributed by atoms with Crippen molar-refractivity contribution in [1.82, 2.24) is 5.32 Å². The zero-order valence-corrected chi connectivity index (χ0v) is 11.3. The SMILES string of the molecule is CS(=O)(=O)CCN[C@H](Cc1ccccc1)C(F)(F)F. The Morgan fingerprint density at radius 1 is 1.21 bits per heavy atom. The Kier molecular flexibility index (Phi) is 5.37. The van der Waals surface area contributed by atoms with E-state index in [1.165, 1.54) is 0 Å².